The summed E-state index contributed by atoms with van der Waals surface area (Å²) in [6, 6.07) is 1.72. The van der Waals surface area contributed by atoms with Crippen molar-refractivity contribution in [3.8, 4) is 0 Å². The fourth-order valence-corrected chi connectivity index (χ4v) is 1.04. The summed E-state index contributed by atoms with van der Waals surface area (Å²) in [5.74, 6) is -0.143. The van der Waals surface area contributed by atoms with Gasteiger partial charge in [-0.1, -0.05) is 25.9 Å². The Bertz CT molecular complexity index is 328. The Labute approximate surface area is 82.9 Å². The van der Waals surface area contributed by atoms with Crippen molar-refractivity contribution in [2.45, 2.75) is 39.0 Å². The molecule has 0 atom stereocenters. The van der Waals surface area contributed by atoms with Crippen LogP contribution in [0, 0.1) is 0 Å². The largest absolute Gasteiger partial charge is 0.481 e. The minimum atomic E-state index is -0.890. The maximum absolute atomic E-state index is 10.4. The summed E-state index contributed by atoms with van der Waals surface area (Å²) in [6.45, 7) is 6.13. The highest BCUT2D eigenvalue weighted by Crippen LogP contribution is 2.27. The van der Waals surface area contributed by atoms with Crippen molar-refractivity contribution in [3.05, 3.63) is 17.5 Å². The van der Waals surface area contributed by atoms with E-state index in [1.807, 2.05) is 13.8 Å². The molecule has 1 heterocycles. The van der Waals surface area contributed by atoms with Crippen LogP contribution in [0.3, 0.4) is 0 Å². The molecule has 0 spiro atoms. The number of aromatic nitrogens is 1. The Morgan fingerprint density at radius 2 is 2.29 bits per heavy atom. The van der Waals surface area contributed by atoms with Gasteiger partial charge < -0.3 is 9.63 Å². The second kappa shape index (κ2) is 3.82. The molecule has 0 radical (unpaired) electrons. The maximum atomic E-state index is 10.4. The molecule has 0 aliphatic carbocycles. The van der Waals surface area contributed by atoms with Crippen molar-refractivity contribution >= 4 is 5.97 Å². The van der Waals surface area contributed by atoms with E-state index in [9.17, 15) is 4.79 Å². The van der Waals surface area contributed by atoms with E-state index in [0.29, 0.717) is 5.69 Å². The molecule has 0 saturated heterocycles. The molecule has 0 aliphatic rings. The molecule has 4 nitrogen and oxygen atoms in total. The van der Waals surface area contributed by atoms with Crippen LogP contribution < -0.4 is 0 Å². The summed E-state index contributed by atoms with van der Waals surface area (Å²) in [6.07, 6.45) is 0.845. The number of aliphatic carboxylic acids is 1. The van der Waals surface area contributed by atoms with Crippen molar-refractivity contribution in [1.29, 1.82) is 0 Å². The third kappa shape index (κ3) is 2.34. The summed E-state index contributed by atoms with van der Waals surface area (Å²) in [7, 11) is 0. The van der Waals surface area contributed by atoms with E-state index in [-0.39, 0.29) is 11.8 Å². The second-order valence-electron chi connectivity index (χ2n) is 3.99. The smallest absolute Gasteiger partial charge is 0.309 e. The zero-order valence-electron chi connectivity index (χ0n) is 8.70. The molecule has 1 aromatic rings. The topological polar surface area (TPSA) is 63.3 Å². The second-order valence-corrected chi connectivity index (χ2v) is 3.99. The summed E-state index contributed by atoms with van der Waals surface area (Å²) in [4.78, 5) is 10.4. The van der Waals surface area contributed by atoms with Gasteiger partial charge in [-0.25, -0.2) is 0 Å². The number of hydrogen-bond acceptors (Lipinski definition) is 3. The first-order valence-electron chi connectivity index (χ1n) is 4.63. The van der Waals surface area contributed by atoms with E-state index in [0.717, 1.165) is 12.2 Å². The molecule has 78 valence electrons. The van der Waals surface area contributed by atoms with Crippen LogP contribution in [0.15, 0.2) is 10.6 Å². The predicted molar refractivity (Wildman–Crippen MR) is 51.2 cm³/mol. The highest BCUT2D eigenvalue weighted by molar-refractivity contribution is 5.69. The molecule has 4 heteroatoms. The van der Waals surface area contributed by atoms with Crippen LogP contribution in [0.5, 0.6) is 0 Å². The van der Waals surface area contributed by atoms with Crippen LogP contribution >= 0.6 is 0 Å². The lowest BCUT2D eigenvalue weighted by molar-refractivity contribution is -0.136. The molecule has 0 amide bonds. The van der Waals surface area contributed by atoms with Gasteiger partial charge in [0.1, 0.15) is 5.76 Å². The van der Waals surface area contributed by atoms with Crippen molar-refractivity contribution in [2.75, 3.05) is 0 Å². The van der Waals surface area contributed by atoms with E-state index in [2.05, 4.69) is 12.1 Å². The highest BCUT2D eigenvalue weighted by atomic mass is 16.5. The average Bonchev–Trinajstić information content (AvgIpc) is 2.52. The molecule has 0 unspecified atom stereocenters. The number of carbonyl (C=O) groups is 1. The lowest BCUT2D eigenvalue weighted by atomic mass is 9.87. The van der Waals surface area contributed by atoms with Crippen LogP contribution in [-0.4, -0.2) is 16.2 Å². The van der Waals surface area contributed by atoms with Gasteiger partial charge >= 0.3 is 5.97 Å². The highest BCUT2D eigenvalue weighted by Gasteiger charge is 2.23. The van der Waals surface area contributed by atoms with Crippen LogP contribution in [0.1, 0.15) is 38.6 Å². The van der Waals surface area contributed by atoms with Gasteiger partial charge in [0.25, 0.3) is 0 Å². The molecule has 0 saturated carbocycles. The average molecular weight is 197 g/mol. The molecular weight excluding hydrogens is 182 g/mol. The van der Waals surface area contributed by atoms with Crippen molar-refractivity contribution in [2.24, 2.45) is 0 Å². The fraction of sp³-hybridized carbons (Fsp3) is 0.600. The van der Waals surface area contributed by atoms with Crippen LogP contribution in [-0.2, 0) is 16.6 Å². The predicted octanol–water partition coefficient (Wildman–Crippen LogP) is 1.99. The van der Waals surface area contributed by atoms with Crippen molar-refractivity contribution < 1.29 is 14.4 Å². The molecule has 0 aromatic carbocycles. The number of carboxylic acid groups (broad SMARTS) is 1. The van der Waals surface area contributed by atoms with Gasteiger partial charge in [-0.2, -0.15) is 0 Å². The normalized spacial score (nSPS) is 11.6. The van der Waals surface area contributed by atoms with Crippen LogP contribution in [0.4, 0.5) is 0 Å². The number of nitrogens with zero attached hydrogens (tertiary/aromatic N) is 1. The molecule has 0 bridgehead atoms. The summed E-state index contributed by atoms with van der Waals surface area (Å²) >= 11 is 0. The summed E-state index contributed by atoms with van der Waals surface area (Å²) in [5, 5.41) is 12.3. The van der Waals surface area contributed by atoms with Gasteiger partial charge in [-0.3, -0.25) is 4.79 Å². The number of hydrogen-bond donors (Lipinski definition) is 1. The first-order chi connectivity index (χ1) is 6.45. The third-order valence-electron chi connectivity index (χ3n) is 2.44. The lowest BCUT2D eigenvalue weighted by Gasteiger charge is -2.17. The van der Waals surface area contributed by atoms with E-state index >= 15 is 0 Å². The van der Waals surface area contributed by atoms with Crippen molar-refractivity contribution in [3.63, 3.8) is 0 Å². The van der Waals surface area contributed by atoms with Crippen LogP contribution in [0.2, 0.25) is 0 Å². The van der Waals surface area contributed by atoms with Crippen molar-refractivity contribution in [1.82, 2.24) is 5.16 Å². The maximum Gasteiger partial charge on any atom is 0.309 e. The standard InChI is InChI=1S/C10H15NO3/c1-4-10(2,3)8-5-7(11-14-8)6-9(12)13/h5H,4,6H2,1-3H3,(H,12,13). The van der Waals surface area contributed by atoms with E-state index in [1.54, 1.807) is 6.07 Å². The van der Waals surface area contributed by atoms with Gasteiger partial charge in [0.2, 0.25) is 0 Å². The summed E-state index contributed by atoms with van der Waals surface area (Å²) in [5.41, 5.74) is 0.401. The monoisotopic (exact) mass is 197 g/mol. The van der Waals surface area contributed by atoms with Gasteiger partial charge in [0.05, 0.1) is 12.1 Å². The minimum absolute atomic E-state index is 0.0796. The molecule has 1 rings (SSSR count). The Hall–Kier alpha value is -1.32. The van der Waals surface area contributed by atoms with E-state index in [1.165, 1.54) is 0 Å². The molecule has 1 N–H and O–H groups in total. The number of rotatable bonds is 4. The Kier molecular flexibility index (Phi) is 2.93. The quantitative estimate of drug-likeness (QED) is 0.801. The zero-order chi connectivity index (χ0) is 10.8. The molecule has 0 aliphatic heterocycles. The van der Waals surface area contributed by atoms with Crippen LogP contribution in [0.25, 0.3) is 0 Å². The summed E-state index contributed by atoms with van der Waals surface area (Å²) < 4.78 is 5.11. The van der Waals surface area contributed by atoms with Gasteiger partial charge in [-0.05, 0) is 6.42 Å². The molecule has 0 fully saturated rings. The SMILES string of the molecule is CCC(C)(C)c1cc(CC(=O)O)no1. The first-order valence-corrected chi connectivity index (χ1v) is 4.63. The van der Waals surface area contributed by atoms with E-state index in [4.69, 9.17) is 9.63 Å². The zero-order valence-corrected chi connectivity index (χ0v) is 8.70. The van der Waals surface area contributed by atoms with E-state index < -0.39 is 5.97 Å². The lowest BCUT2D eigenvalue weighted by Crippen LogP contribution is -2.14. The van der Waals surface area contributed by atoms with Gasteiger partial charge in [0, 0.05) is 11.5 Å². The Balaban J connectivity index is 2.82. The minimum Gasteiger partial charge on any atom is -0.481 e. The fourth-order valence-electron chi connectivity index (χ4n) is 1.04. The number of carboxylic acids is 1. The third-order valence-corrected chi connectivity index (χ3v) is 2.44. The molecular formula is C10H15NO3. The Morgan fingerprint density at radius 1 is 1.64 bits per heavy atom. The first kappa shape index (κ1) is 10.8. The van der Waals surface area contributed by atoms with Gasteiger partial charge in [0.15, 0.2) is 0 Å². The van der Waals surface area contributed by atoms with Gasteiger partial charge in [-0.15, -0.1) is 0 Å². The molecule has 14 heavy (non-hydrogen) atoms. The Morgan fingerprint density at radius 3 is 2.79 bits per heavy atom. The molecule has 1 aromatic heterocycles.